The van der Waals surface area contributed by atoms with Crippen molar-refractivity contribution in [1.29, 1.82) is 0 Å². The monoisotopic (exact) mass is 386 g/mol. The molecule has 2 aliphatic heterocycles. The first-order chi connectivity index (χ1) is 11.6. The van der Waals surface area contributed by atoms with Gasteiger partial charge in [0.15, 0.2) is 5.96 Å². The van der Waals surface area contributed by atoms with E-state index in [4.69, 9.17) is 0 Å². The fourth-order valence-electron chi connectivity index (χ4n) is 3.05. The van der Waals surface area contributed by atoms with Crippen LogP contribution in [0, 0.1) is 5.92 Å². The lowest BCUT2D eigenvalue weighted by Crippen LogP contribution is -2.45. The molecule has 1 atom stereocenters. The molecule has 2 N–H and O–H groups in total. The van der Waals surface area contributed by atoms with Crippen LogP contribution in [0.2, 0.25) is 0 Å². The van der Waals surface area contributed by atoms with E-state index in [0.717, 1.165) is 0 Å². The predicted molar refractivity (Wildman–Crippen MR) is 87.4 cm³/mol. The molecule has 0 bridgehead atoms. The molecule has 2 rings (SSSR count). The minimum atomic E-state index is -5.24. The number of aliphatic hydroxyl groups is 1. The maximum absolute atomic E-state index is 12.6. The molecule has 0 aromatic heterocycles. The van der Waals surface area contributed by atoms with Crippen LogP contribution in [0.5, 0.6) is 0 Å². The van der Waals surface area contributed by atoms with E-state index in [1.165, 1.54) is 0 Å². The van der Waals surface area contributed by atoms with Gasteiger partial charge in [-0.3, -0.25) is 4.99 Å². The van der Waals surface area contributed by atoms with E-state index in [9.17, 15) is 26.7 Å². The molecule has 7 nitrogen and oxygen atoms in total. The van der Waals surface area contributed by atoms with E-state index in [0.29, 0.717) is 55.7 Å². The third kappa shape index (κ3) is 4.98. The lowest BCUT2D eigenvalue weighted by atomic mass is 9.98. The Hall–Kier alpha value is -1.07. The lowest BCUT2D eigenvalue weighted by Gasteiger charge is -2.31. The van der Waals surface area contributed by atoms with Gasteiger partial charge in [-0.1, -0.05) is 0 Å². The standard InChI is InChI=1S/C14H25F3N4O3S/c1-2-18-13(20-6-5-12(22)10-20)19-9-11-3-7-21(8-4-11)25(23,24)14(15,16)17/h11-12,22H,2-10H2,1H3,(H,18,19)/t12-/m1/s1. The number of aliphatic hydroxyl groups excluding tert-OH is 1. The number of nitrogens with zero attached hydrogens (tertiary/aromatic N) is 3. The van der Waals surface area contributed by atoms with Crippen molar-refractivity contribution in [2.75, 3.05) is 39.3 Å². The molecule has 2 heterocycles. The molecule has 146 valence electrons. The van der Waals surface area contributed by atoms with Crippen LogP contribution in [0.15, 0.2) is 4.99 Å². The Morgan fingerprint density at radius 2 is 1.88 bits per heavy atom. The summed E-state index contributed by atoms with van der Waals surface area (Å²) in [5.41, 5.74) is -5.24. The quantitative estimate of drug-likeness (QED) is 0.545. The molecule has 2 aliphatic rings. The van der Waals surface area contributed by atoms with Crippen LogP contribution in [0.25, 0.3) is 0 Å². The number of hydrogen-bond acceptors (Lipinski definition) is 4. The van der Waals surface area contributed by atoms with Gasteiger partial charge in [0.25, 0.3) is 0 Å². The molecule has 0 unspecified atom stereocenters. The highest BCUT2D eigenvalue weighted by molar-refractivity contribution is 7.90. The van der Waals surface area contributed by atoms with E-state index < -0.39 is 15.5 Å². The third-order valence-electron chi connectivity index (χ3n) is 4.50. The lowest BCUT2D eigenvalue weighted by molar-refractivity contribution is -0.0496. The van der Waals surface area contributed by atoms with Crippen molar-refractivity contribution in [3.63, 3.8) is 0 Å². The van der Waals surface area contributed by atoms with Gasteiger partial charge >= 0.3 is 15.5 Å². The highest BCUT2D eigenvalue weighted by Crippen LogP contribution is 2.30. The van der Waals surface area contributed by atoms with Gasteiger partial charge in [-0.15, -0.1) is 0 Å². The molecule has 2 saturated heterocycles. The van der Waals surface area contributed by atoms with E-state index in [2.05, 4.69) is 10.3 Å². The fraction of sp³-hybridized carbons (Fsp3) is 0.929. The number of alkyl halides is 3. The summed E-state index contributed by atoms with van der Waals surface area (Å²) >= 11 is 0. The van der Waals surface area contributed by atoms with Crippen molar-refractivity contribution in [1.82, 2.24) is 14.5 Å². The van der Waals surface area contributed by atoms with Crippen LogP contribution < -0.4 is 5.32 Å². The van der Waals surface area contributed by atoms with E-state index in [1.807, 2.05) is 11.8 Å². The summed E-state index contributed by atoms with van der Waals surface area (Å²) in [7, 11) is -5.23. The summed E-state index contributed by atoms with van der Waals surface area (Å²) in [6.45, 7) is 3.97. The molecule has 25 heavy (non-hydrogen) atoms. The highest BCUT2D eigenvalue weighted by atomic mass is 32.2. The molecule has 0 spiro atoms. The van der Waals surface area contributed by atoms with Crippen molar-refractivity contribution in [3.8, 4) is 0 Å². The summed E-state index contributed by atoms with van der Waals surface area (Å²) in [6, 6.07) is 0. The number of likely N-dealkylation sites (tertiary alicyclic amines) is 1. The SMILES string of the molecule is CCNC(=NCC1CCN(S(=O)(=O)C(F)(F)F)CC1)N1CC[C@@H](O)C1. The van der Waals surface area contributed by atoms with Gasteiger partial charge in [-0.25, -0.2) is 8.42 Å². The molecule has 0 aromatic carbocycles. The first-order valence-corrected chi connectivity index (χ1v) is 9.87. The Morgan fingerprint density at radius 1 is 1.24 bits per heavy atom. The van der Waals surface area contributed by atoms with Crippen LogP contribution in [0.1, 0.15) is 26.2 Å². The minimum absolute atomic E-state index is 0.0425. The maximum atomic E-state index is 12.6. The molecule has 0 aromatic rings. The van der Waals surface area contributed by atoms with Gasteiger partial charge in [-0.2, -0.15) is 17.5 Å². The van der Waals surface area contributed by atoms with E-state index in [-0.39, 0.29) is 25.1 Å². The number of rotatable bonds is 4. The largest absolute Gasteiger partial charge is 0.511 e. The fourth-order valence-corrected chi connectivity index (χ4v) is 4.04. The molecule has 0 amide bonds. The van der Waals surface area contributed by atoms with Crippen molar-refractivity contribution in [2.45, 2.75) is 37.8 Å². The summed E-state index contributed by atoms with van der Waals surface area (Å²) < 4.78 is 61.0. The van der Waals surface area contributed by atoms with E-state index >= 15 is 0 Å². The molecular formula is C14H25F3N4O3S. The number of halogens is 3. The Morgan fingerprint density at radius 3 is 2.36 bits per heavy atom. The second kappa shape index (κ2) is 8.09. The predicted octanol–water partition coefficient (Wildman–Crippen LogP) is 0.580. The Labute approximate surface area is 145 Å². The number of sulfonamides is 1. The van der Waals surface area contributed by atoms with Crippen molar-refractivity contribution >= 4 is 16.0 Å². The summed E-state index contributed by atoms with van der Waals surface area (Å²) in [5.74, 6) is 0.727. The van der Waals surface area contributed by atoms with Crippen molar-refractivity contribution in [3.05, 3.63) is 0 Å². The van der Waals surface area contributed by atoms with Crippen molar-refractivity contribution in [2.24, 2.45) is 10.9 Å². The number of β-amino-alcohol motifs (C(OH)–C–C–N with tert-alkyl or cyclic N) is 1. The Bertz CT molecular complexity index is 574. The first kappa shape index (κ1) is 20.2. The number of aliphatic imine (C=N–C) groups is 1. The van der Waals surface area contributed by atoms with Gasteiger partial charge < -0.3 is 15.3 Å². The first-order valence-electron chi connectivity index (χ1n) is 8.43. The van der Waals surface area contributed by atoms with Crippen molar-refractivity contribution < 1.29 is 26.7 Å². The number of hydrogen-bond donors (Lipinski definition) is 2. The average Bonchev–Trinajstić information content (AvgIpc) is 2.97. The molecule has 0 radical (unpaired) electrons. The topological polar surface area (TPSA) is 85.2 Å². The van der Waals surface area contributed by atoms with Crippen LogP contribution in [-0.2, 0) is 10.0 Å². The number of piperidine rings is 1. The van der Waals surface area contributed by atoms with Gasteiger partial charge in [-0.05, 0) is 32.1 Å². The number of guanidine groups is 1. The molecule has 0 aliphatic carbocycles. The van der Waals surface area contributed by atoms with Gasteiger partial charge in [0, 0.05) is 39.3 Å². The zero-order valence-electron chi connectivity index (χ0n) is 14.2. The minimum Gasteiger partial charge on any atom is -0.391 e. The van der Waals surface area contributed by atoms with Crippen LogP contribution in [-0.4, -0.2) is 79.6 Å². The molecule has 0 saturated carbocycles. The van der Waals surface area contributed by atoms with E-state index in [1.54, 1.807) is 0 Å². The Balaban J connectivity index is 1.90. The van der Waals surface area contributed by atoms with Crippen LogP contribution in [0.3, 0.4) is 0 Å². The molecule has 2 fully saturated rings. The van der Waals surface area contributed by atoms with Gasteiger partial charge in [0.1, 0.15) is 0 Å². The summed E-state index contributed by atoms with van der Waals surface area (Å²) in [5, 5.41) is 12.8. The summed E-state index contributed by atoms with van der Waals surface area (Å²) in [6.07, 6.45) is 0.999. The van der Waals surface area contributed by atoms with Crippen LogP contribution in [0.4, 0.5) is 13.2 Å². The maximum Gasteiger partial charge on any atom is 0.511 e. The molecule has 11 heteroatoms. The van der Waals surface area contributed by atoms with Gasteiger partial charge in [0.05, 0.1) is 6.10 Å². The second-order valence-electron chi connectivity index (χ2n) is 6.38. The third-order valence-corrected chi connectivity index (χ3v) is 6.13. The normalized spacial score (nSPS) is 24.8. The highest BCUT2D eigenvalue weighted by Gasteiger charge is 2.50. The van der Waals surface area contributed by atoms with Gasteiger partial charge in [0.2, 0.25) is 0 Å². The Kier molecular flexibility index (Phi) is 6.55. The second-order valence-corrected chi connectivity index (χ2v) is 8.31. The molecular weight excluding hydrogens is 361 g/mol. The summed E-state index contributed by atoms with van der Waals surface area (Å²) in [4.78, 5) is 6.48. The zero-order chi connectivity index (χ0) is 18.7. The number of nitrogens with one attached hydrogen (secondary N) is 1. The van der Waals surface area contributed by atoms with Crippen LogP contribution >= 0.6 is 0 Å². The smallest absolute Gasteiger partial charge is 0.391 e. The zero-order valence-corrected chi connectivity index (χ0v) is 15.0. The average molecular weight is 386 g/mol.